The van der Waals surface area contributed by atoms with Crippen molar-refractivity contribution in [1.82, 2.24) is 4.98 Å². The molecular formula is C12H17F3N2. The highest BCUT2D eigenvalue weighted by molar-refractivity contribution is 5.38. The summed E-state index contributed by atoms with van der Waals surface area (Å²) in [5.74, 6) is 0.748. The minimum atomic E-state index is -4.31. The van der Waals surface area contributed by atoms with Crippen LogP contribution in [0.15, 0.2) is 18.3 Å². The predicted molar refractivity (Wildman–Crippen MR) is 61.8 cm³/mol. The largest absolute Gasteiger partial charge is 0.416 e. The van der Waals surface area contributed by atoms with Crippen LogP contribution in [0.1, 0.15) is 32.3 Å². The van der Waals surface area contributed by atoms with Crippen LogP contribution < -0.4 is 5.32 Å². The summed E-state index contributed by atoms with van der Waals surface area (Å²) in [4.78, 5) is 3.88. The van der Waals surface area contributed by atoms with Crippen LogP contribution in [0, 0.1) is 5.92 Å². The first-order chi connectivity index (χ1) is 7.97. The summed E-state index contributed by atoms with van der Waals surface area (Å²) in [6, 6.07) is 2.02. The zero-order chi connectivity index (χ0) is 12.9. The number of alkyl halides is 3. The second-order valence-electron chi connectivity index (χ2n) is 3.99. The van der Waals surface area contributed by atoms with Crippen molar-refractivity contribution in [2.75, 3.05) is 11.9 Å². The summed E-state index contributed by atoms with van der Waals surface area (Å²) in [5, 5.41) is 2.95. The normalized spacial score (nSPS) is 11.9. The van der Waals surface area contributed by atoms with Crippen LogP contribution in [0.3, 0.4) is 0 Å². The standard InChI is InChI=1S/C12H17F3N2/c1-3-9(4-2)8-17-11-7-10(5-6-16-11)12(13,14)15/h5-7,9H,3-4,8H2,1-2H3,(H,16,17). The van der Waals surface area contributed by atoms with Crippen LogP contribution in [0.25, 0.3) is 0 Å². The SMILES string of the molecule is CCC(CC)CNc1cc(C(F)(F)F)ccn1. The molecule has 0 saturated carbocycles. The van der Waals surface area contributed by atoms with Gasteiger partial charge in [0.1, 0.15) is 5.82 Å². The van der Waals surface area contributed by atoms with Gasteiger partial charge in [0.2, 0.25) is 0 Å². The molecular weight excluding hydrogens is 229 g/mol. The van der Waals surface area contributed by atoms with Gasteiger partial charge in [-0.25, -0.2) is 4.98 Å². The molecule has 0 amide bonds. The van der Waals surface area contributed by atoms with E-state index in [9.17, 15) is 13.2 Å². The van der Waals surface area contributed by atoms with Crippen molar-refractivity contribution in [3.63, 3.8) is 0 Å². The fraction of sp³-hybridized carbons (Fsp3) is 0.583. The summed E-state index contributed by atoms with van der Waals surface area (Å²) < 4.78 is 37.3. The molecule has 5 heteroatoms. The molecule has 17 heavy (non-hydrogen) atoms. The van der Waals surface area contributed by atoms with Gasteiger partial charge in [0.25, 0.3) is 0 Å². The lowest BCUT2D eigenvalue weighted by Crippen LogP contribution is -2.14. The Morgan fingerprint density at radius 2 is 1.94 bits per heavy atom. The average Bonchev–Trinajstić information content (AvgIpc) is 2.30. The van der Waals surface area contributed by atoms with Crippen molar-refractivity contribution < 1.29 is 13.2 Å². The number of pyridine rings is 1. The molecule has 0 unspecified atom stereocenters. The number of rotatable bonds is 5. The maximum absolute atomic E-state index is 12.4. The van der Waals surface area contributed by atoms with E-state index in [1.807, 2.05) is 0 Å². The summed E-state index contributed by atoms with van der Waals surface area (Å²) >= 11 is 0. The van der Waals surface area contributed by atoms with Crippen molar-refractivity contribution >= 4 is 5.82 Å². The first kappa shape index (κ1) is 13.8. The smallest absolute Gasteiger partial charge is 0.370 e. The molecule has 0 saturated heterocycles. The number of nitrogens with zero attached hydrogens (tertiary/aromatic N) is 1. The highest BCUT2D eigenvalue weighted by atomic mass is 19.4. The third kappa shape index (κ3) is 4.24. The Morgan fingerprint density at radius 1 is 1.29 bits per heavy atom. The van der Waals surface area contributed by atoms with Crippen LogP contribution in [-0.2, 0) is 6.18 Å². The second kappa shape index (κ2) is 5.89. The zero-order valence-corrected chi connectivity index (χ0v) is 10.0. The Hall–Kier alpha value is -1.26. The maximum atomic E-state index is 12.4. The molecule has 1 aromatic heterocycles. The minimum Gasteiger partial charge on any atom is -0.370 e. The first-order valence-electron chi connectivity index (χ1n) is 5.74. The topological polar surface area (TPSA) is 24.9 Å². The van der Waals surface area contributed by atoms with Crippen LogP contribution in [0.5, 0.6) is 0 Å². The molecule has 0 spiro atoms. The minimum absolute atomic E-state index is 0.284. The first-order valence-corrected chi connectivity index (χ1v) is 5.74. The van der Waals surface area contributed by atoms with Crippen molar-refractivity contribution in [1.29, 1.82) is 0 Å². The Balaban J connectivity index is 2.66. The number of hydrogen-bond acceptors (Lipinski definition) is 2. The maximum Gasteiger partial charge on any atom is 0.416 e. The Kier molecular flexibility index (Phi) is 4.78. The van der Waals surface area contributed by atoms with Gasteiger partial charge < -0.3 is 5.32 Å². The van der Waals surface area contributed by atoms with Crippen LogP contribution in [0.4, 0.5) is 19.0 Å². The van der Waals surface area contributed by atoms with Gasteiger partial charge in [-0.2, -0.15) is 13.2 Å². The molecule has 1 aromatic rings. The van der Waals surface area contributed by atoms with Gasteiger partial charge in [0.15, 0.2) is 0 Å². The van der Waals surface area contributed by atoms with E-state index in [4.69, 9.17) is 0 Å². The number of hydrogen-bond donors (Lipinski definition) is 1. The number of anilines is 1. The number of halogens is 3. The van der Waals surface area contributed by atoms with Crippen LogP contribution in [-0.4, -0.2) is 11.5 Å². The Labute approximate surface area is 99.3 Å². The highest BCUT2D eigenvalue weighted by Crippen LogP contribution is 2.29. The molecule has 0 atom stereocenters. The van der Waals surface area contributed by atoms with Gasteiger partial charge >= 0.3 is 6.18 Å². The van der Waals surface area contributed by atoms with Gasteiger partial charge in [-0.3, -0.25) is 0 Å². The van der Waals surface area contributed by atoms with Crippen molar-refractivity contribution in [2.45, 2.75) is 32.9 Å². The van der Waals surface area contributed by atoms with E-state index in [0.29, 0.717) is 12.5 Å². The van der Waals surface area contributed by atoms with Gasteiger partial charge in [-0.1, -0.05) is 26.7 Å². The van der Waals surface area contributed by atoms with E-state index in [1.54, 1.807) is 0 Å². The summed E-state index contributed by atoms with van der Waals surface area (Å²) in [7, 11) is 0. The van der Waals surface area contributed by atoms with E-state index in [2.05, 4.69) is 24.1 Å². The molecule has 2 nitrogen and oxygen atoms in total. The van der Waals surface area contributed by atoms with Gasteiger partial charge in [-0.05, 0) is 18.1 Å². The van der Waals surface area contributed by atoms with Crippen LogP contribution >= 0.6 is 0 Å². The van der Waals surface area contributed by atoms with E-state index in [-0.39, 0.29) is 5.82 Å². The average molecular weight is 246 g/mol. The lowest BCUT2D eigenvalue weighted by atomic mass is 10.0. The Morgan fingerprint density at radius 3 is 2.47 bits per heavy atom. The molecule has 96 valence electrons. The molecule has 0 aromatic carbocycles. The molecule has 0 aliphatic carbocycles. The molecule has 1 heterocycles. The van der Waals surface area contributed by atoms with E-state index in [0.717, 1.165) is 25.0 Å². The molecule has 1 rings (SSSR count). The lowest BCUT2D eigenvalue weighted by molar-refractivity contribution is -0.137. The molecule has 0 bridgehead atoms. The summed E-state index contributed by atoms with van der Waals surface area (Å²) in [6.07, 6.45) is -1.13. The molecule has 0 radical (unpaired) electrons. The molecule has 0 fully saturated rings. The third-order valence-corrected chi connectivity index (χ3v) is 2.81. The van der Waals surface area contributed by atoms with Gasteiger partial charge in [0, 0.05) is 12.7 Å². The summed E-state index contributed by atoms with van der Waals surface area (Å²) in [5.41, 5.74) is -0.667. The van der Waals surface area contributed by atoms with Gasteiger partial charge in [0.05, 0.1) is 5.56 Å². The third-order valence-electron chi connectivity index (χ3n) is 2.81. The van der Waals surface area contributed by atoms with Gasteiger partial charge in [-0.15, -0.1) is 0 Å². The second-order valence-corrected chi connectivity index (χ2v) is 3.99. The molecule has 0 aliphatic rings. The van der Waals surface area contributed by atoms with E-state index >= 15 is 0 Å². The quantitative estimate of drug-likeness (QED) is 0.850. The number of aromatic nitrogens is 1. The zero-order valence-electron chi connectivity index (χ0n) is 10.0. The summed E-state index contributed by atoms with van der Waals surface area (Å²) in [6.45, 7) is 4.78. The van der Waals surface area contributed by atoms with Crippen molar-refractivity contribution in [3.05, 3.63) is 23.9 Å². The molecule has 0 aliphatic heterocycles. The van der Waals surface area contributed by atoms with Crippen LogP contribution in [0.2, 0.25) is 0 Å². The monoisotopic (exact) mass is 246 g/mol. The highest BCUT2D eigenvalue weighted by Gasteiger charge is 2.30. The van der Waals surface area contributed by atoms with E-state index in [1.165, 1.54) is 6.20 Å². The van der Waals surface area contributed by atoms with E-state index < -0.39 is 11.7 Å². The molecule has 1 N–H and O–H groups in total. The Bertz CT molecular complexity index is 346. The lowest BCUT2D eigenvalue weighted by Gasteiger charge is -2.14. The predicted octanol–water partition coefficient (Wildman–Crippen LogP) is 3.95. The van der Waals surface area contributed by atoms with Crippen molar-refractivity contribution in [2.24, 2.45) is 5.92 Å². The fourth-order valence-corrected chi connectivity index (χ4v) is 1.53. The van der Waals surface area contributed by atoms with Crippen molar-refractivity contribution in [3.8, 4) is 0 Å². The number of nitrogens with one attached hydrogen (secondary N) is 1. The fourth-order valence-electron chi connectivity index (χ4n) is 1.53.